The lowest BCUT2D eigenvalue weighted by molar-refractivity contribution is 0.281. The average molecular weight is 200 g/mol. The molecule has 0 aliphatic heterocycles. The highest BCUT2D eigenvalue weighted by Crippen LogP contribution is 2.39. The SMILES string of the molecule is CC1(Cn2cnnc2Cl)CCCC1. The molecular formula is C9H14ClN3. The minimum absolute atomic E-state index is 0.409. The monoisotopic (exact) mass is 199 g/mol. The highest BCUT2D eigenvalue weighted by molar-refractivity contribution is 6.28. The van der Waals surface area contributed by atoms with Crippen molar-refractivity contribution in [1.29, 1.82) is 0 Å². The Kier molecular flexibility index (Phi) is 2.28. The van der Waals surface area contributed by atoms with E-state index in [2.05, 4.69) is 17.1 Å². The van der Waals surface area contributed by atoms with E-state index in [1.807, 2.05) is 4.57 Å². The predicted molar refractivity (Wildman–Crippen MR) is 51.6 cm³/mol. The molecule has 1 aliphatic rings. The first-order chi connectivity index (χ1) is 6.20. The molecule has 1 saturated carbocycles. The van der Waals surface area contributed by atoms with E-state index >= 15 is 0 Å². The number of hydrogen-bond acceptors (Lipinski definition) is 2. The van der Waals surface area contributed by atoms with Crippen molar-refractivity contribution in [2.75, 3.05) is 0 Å². The van der Waals surface area contributed by atoms with Crippen molar-refractivity contribution in [3.8, 4) is 0 Å². The normalized spacial score (nSPS) is 20.8. The third-order valence-corrected chi connectivity index (χ3v) is 3.22. The maximum Gasteiger partial charge on any atom is 0.224 e. The summed E-state index contributed by atoms with van der Waals surface area (Å²) in [5.41, 5.74) is 0.409. The van der Waals surface area contributed by atoms with Gasteiger partial charge in [-0.2, -0.15) is 0 Å². The summed E-state index contributed by atoms with van der Waals surface area (Å²) in [5.74, 6) is 0. The Labute approximate surface area is 83.1 Å². The van der Waals surface area contributed by atoms with Gasteiger partial charge < -0.3 is 4.57 Å². The molecule has 1 aromatic rings. The van der Waals surface area contributed by atoms with Crippen LogP contribution in [-0.2, 0) is 6.54 Å². The highest BCUT2D eigenvalue weighted by Gasteiger charge is 2.29. The van der Waals surface area contributed by atoms with Crippen LogP contribution in [0.15, 0.2) is 6.33 Å². The maximum atomic E-state index is 5.87. The third-order valence-electron chi connectivity index (χ3n) is 2.93. The fraction of sp³-hybridized carbons (Fsp3) is 0.778. The zero-order valence-electron chi connectivity index (χ0n) is 7.83. The second-order valence-electron chi connectivity index (χ2n) is 4.25. The molecular weight excluding hydrogens is 186 g/mol. The summed E-state index contributed by atoms with van der Waals surface area (Å²) in [6.45, 7) is 3.27. The summed E-state index contributed by atoms with van der Waals surface area (Å²) in [4.78, 5) is 0. The van der Waals surface area contributed by atoms with Crippen molar-refractivity contribution >= 4 is 11.6 Å². The Morgan fingerprint density at radius 2 is 2.23 bits per heavy atom. The van der Waals surface area contributed by atoms with E-state index < -0.39 is 0 Å². The molecule has 0 radical (unpaired) electrons. The van der Waals surface area contributed by atoms with Crippen molar-refractivity contribution in [2.24, 2.45) is 5.41 Å². The van der Waals surface area contributed by atoms with Gasteiger partial charge in [0.25, 0.3) is 0 Å². The zero-order valence-corrected chi connectivity index (χ0v) is 8.59. The van der Waals surface area contributed by atoms with Crippen LogP contribution in [0.2, 0.25) is 5.28 Å². The maximum absolute atomic E-state index is 5.87. The van der Waals surface area contributed by atoms with Gasteiger partial charge in [-0.05, 0) is 29.9 Å². The van der Waals surface area contributed by atoms with E-state index in [4.69, 9.17) is 11.6 Å². The fourth-order valence-corrected chi connectivity index (χ4v) is 2.29. The van der Waals surface area contributed by atoms with Crippen LogP contribution in [0, 0.1) is 5.41 Å². The molecule has 0 amide bonds. The molecule has 4 heteroatoms. The number of aromatic nitrogens is 3. The summed E-state index contributed by atoms with van der Waals surface area (Å²) in [6, 6.07) is 0. The topological polar surface area (TPSA) is 30.7 Å². The van der Waals surface area contributed by atoms with Crippen LogP contribution in [0.5, 0.6) is 0 Å². The first-order valence-corrected chi connectivity index (χ1v) is 5.11. The predicted octanol–water partition coefficient (Wildman–Crippen LogP) is 2.51. The molecule has 1 fully saturated rings. The summed E-state index contributed by atoms with van der Waals surface area (Å²) in [7, 11) is 0. The molecule has 1 aliphatic carbocycles. The number of nitrogens with zero attached hydrogens (tertiary/aromatic N) is 3. The van der Waals surface area contributed by atoms with Crippen molar-refractivity contribution in [3.05, 3.63) is 11.6 Å². The van der Waals surface area contributed by atoms with Crippen molar-refractivity contribution in [3.63, 3.8) is 0 Å². The third kappa shape index (κ3) is 1.85. The lowest BCUT2D eigenvalue weighted by Crippen LogP contribution is -2.19. The van der Waals surface area contributed by atoms with Gasteiger partial charge in [0, 0.05) is 6.54 Å². The standard InChI is InChI=1S/C9H14ClN3/c1-9(4-2-3-5-9)6-13-7-11-12-8(13)10/h7H,2-6H2,1H3. The molecule has 1 aromatic heterocycles. The number of halogens is 1. The van der Waals surface area contributed by atoms with Crippen LogP contribution in [0.25, 0.3) is 0 Å². The first kappa shape index (κ1) is 9.00. The Morgan fingerprint density at radius 3 is 2.77 bits per heavy atom. The van der Waals surface area contributed by atoms with Crippen molar-refractivity contribution in [1.82, 2.24) is 14.8 Å². The molecule has 3 nitrogen and oxygen atoms in total. The van der Waals surface area contributed by atoms with Crippen molar-refractivity contribution in [2.45, 2.75) is 39.2 Å². The van der Waals surface area contributed by atoms with Gasteiger partial charge in [-0.25, -0.2) is 0 Å². The quantitative estimate of drug-likeness (QED) is 0.733. The molecule has 1 heterocycles. The Morgan fingerprint density at radius 1 is 1.54 bits per heavy atom. The Hall–Kier alpha value is -0.570. The van der Waals surface area contributed by atoms with Gasteiger partial charge in [0.2, 0.25) is 5.28 Å². The molecule has 72 valence electrons. The molecule has 0 aromatic carbocycles. The van der Waals surface area contributed by atoms with Crippen LogP contribution < -0.4 is 0 Å². The Balaban J connectivity index is 2.09. The second-order valence-corrected chi connectivity index (χ2v) is 4.58. The van der Waals surface area contributed by atoms with Crippen LogP contribution >= 0.6 is 11.6 Å². The molecule has 0 saturated heterocycles. The summed E-state index contributed by atoms with van der Waals surface area (Å²) < 4.78 is 1.94. The largest absolute Gasteiger partial charge is 0.304 e. The van der Waals surface area contributed by atoms with Crippen molar-refractivity contribution < 1.29 is 0 Å². The molecule has 0 bridgehead atoms. The van der Waals surface area contributed by atoms with E-state index in [1.54, 1.807) is 6.33 Å². The van der Waals surface area contributed by atoms with Gasteiger partial charge in [0.05, 0.1) is 0 Å². The summed E-state index contributed by atoms with van der Waals surface area (Å²) in [6.07, 6.45) is 6.99. The Bertz CT molecular complexity index is 289. The van der Waals surface area contributed by atoms with Gasteiger partial charge in [-0.3, -0.25) is 0 Å². The fourth-order valence-electron chi connectivity index (χ4n) is 2.14. The average Bonchev–Trinajstić information content (AvgIpc) is 2.64. The number of hydrogen-bond donors (Lipinski definition) is 0. The van der Waals surface area contributed by atoms with Crippen LogP contribution in [0.1, 0.15) is 32.6 Å². The van der Waals surface area contributed by atoms with Gasteiger partial charge in [0.15, 0.2) is 0 Å². The van der Waals surface area contributed by atoms with Gasteiger partial charge in [0.1, 0.15) is 6.33 Å². The minimum atomic E-state index is 0.409. The number of rotatable bonds is 2. The second kappa shape index (κ2) is 3.29. The minimum Gasteiger partial charge on any atom is -0.304 e. The van der Waals surface area contributed by atoms with Crippen LogP contribution in [0.4, 0.5) is 0 Å². The molecule has 0 N–H and O–H groups in total. The van der Waals surface area contributed by atoms with E-state index in [0.717, 1.165) is 6.54 Å². The van der Waals surface area contributed by atoms with Gasteiger partial charge in [-0.15, -0.1) is 10.2 Å². The van der Waals surface area contributed by atoms with Gasteiger partial charge in [-0.1, -0.05) is 19.8 Å². The lowest BCUT2D eigenvalue weighted by atomic mass is 9.89. The molecule has 13 heavy (non-hydrogen) atoms. The van der Waals surface area contributed by atoms with E-state index in [-0.39, 0.29) is 0 Å². The molecule has 0 spiro atoms. The van der Waals surface area contributed by atoms with Crippen LogP contribution in [0.3, 0.4) is 0 Å². The van der Waals surface area contributed by atoms with E-state index in [9.17, 15) is 0 Å². The zero-order chi connectivity index (χ0) is 9.31. The summed E-state index contributed by atoms with van der Waals surface area (Å²) >= 11 is 5.87. The lowest BCUT2D eigenvalue weighted by Gasteiger charge is -2.23. The van der Waals surface area contributed by atoms with E-state index in [0.29, 0.717) is 10.7 Å². The highest BCUT2D eigenvalue weighted by atomic mass is 35.5. The van der Waals surface area contributed by atoms with Gasteiger partial charge >= 0.3 is 0 Å². The van der Waals surface area contributed by atoms with Crippen LogP contribution in [-0.4, -0.2) is 14.8 Å². The molecule has 0 unspecified atom stereocenters. The smallest absolute Gasteiger partial charge is 0.224 e. The summed E-state index contributed by atoms with van der Waals surface area (Å²) in [5, 5.41) is 8.05. The first-order valence-electron chi connectivity index (χ1n) is 4.73. The molecule has 0 atom stereocenters. The van der Waals surface area contributed by atoms with E-state index in [1.165, 1.54) is 25.7 Å². The molecule has 2 rings (SSSR count).